The number of methoxy groups -OCH3 is 1. The summed E-state index contributed by atoms with van der Waals surface area (Å²) in [6.45, 7) is 3.04. The van der Waals surface area contributed by atoms with E-state index in [1.54, 1.807) is 18.2 Å². The van der Waals surface area contributed by atoms with Crippen LogP contribution in [0.4, 0.5) is 4.39 Å². The van der Waals surface area contributed by atoms with Gasteiger partial charge in [-0.3, -0.25) is 0 Å². The third-order valence-electron chi connectivity index (χ3n) is 2.55. The summed E-state index contributed by atoms with van der Waals surface area (Å²) in [7, 11) is 1.16. The van der Waals surface area contributed by atoms with E-state index in [4.69, 9.17) is 11.6 Å². The van der Waals surface area contributed by atoms with E-state index in [2.05, 4.69) is 4.74 Å². The Balaban J connectivity index is 3.32. The lowest BCUT2D eigenvalue weighted by Gasteiger charge is -2.21. The predicted octanol–water partition coefficient (Wildman–Crippen LogP) is 3.26. The topological polar surface area (TPSA) is 26.3 Å². The molecule has 4 heteroatoms. The summed E-state index contributed by atoms with van der Waals surface area (Å²) < 4.78 is 18.8. The highest BCUT2D eigenvalue weighted by molar-refractivity contribution is 6.31. The smallest absolute Gasteiger partial charge is 0.348 e. The molecule has 1 aromatic carbocycles. The highest BCUT2D eigenvalue weighted by Crippen LogP contribution is 2.33. The lowest BCUT2D eigenvalue weighted by Crippen LogP contribution is -2.30. The average Bonchev–Trinajstić information content (AvgIpc) is 2.27. The van der Waals surface area contributed by atoms with Crippen LogP contribution in [0.3, 0.4) is 0 Å². The van der Waals surface area contributed by atoms with Gasteiger partial charge < -0.3 is 4.74 Å². The number of alkyl halides is 1. The van der Waals surface area contributed by atoms with Gasteiger partial charge in [-0.25, -0.2) is 9.18 Å². The van der Waals surface area contributed by atoms with Gasteiger partial charge in [0.1, 0.15) is 0 Å². The number of carbonyl (C=O) groups excluding carboxylic acids is 1. The first kappa shape index (κ1) is 13.0. The van der Waals surface area contributed by atoms with Crippen LogP contribution < -0.4 is 0 Å². The molecule has 1 atom stereocenters. The van der Waals surface area contributed by atoms with Gasteiger partial charge in [-0.1, -0.05) is 30.7 Å². The van der Waals surface area contributed by atoms with Gasteiger partial charge in [0.25, 0.3) is 0 Å². The Morgan fingerprint density at radius 1 is 1.56 bits per heavy atom. The summed E-state index contributed by atoms with van der Waals surface area (Å²) in [5.74, 6) is -0.913. The fraction of sp³-hybridized carbons (Fsp3) is 0.417. The van der Waals surface area contributed by atoms with E-state index < -0.39 is 11.6 Å². The lowest BCUT2D eigenvalue weighted by atomic mass is 9.92. The van der Waals surface area contributed by atoms with Crippen molar-refractivity contribution >= 4 is 17.6 Å². The molecule has 16 heavy (non-hydrogen) atoms. The molecule has 1 rings (SSSR count). The van der Waals surface area contributed by atoms with Gasteiger partial charge in [0.2, 0.25) is 5.67 Å². The number of esters is 1. The van der Waals surface area contributed by atoms with Gasteiger partial charge in [0.15, 0.2) is 0 Å². The average molecular weight is 245 g/mol. The van der Waals surface area contributed by atoms with Crippen molar-refractivity contribution in [3.05, 3.63) is 34.3 Å². The molecule has 0 aliphatic rings. The van der Waals surface area contributed by atoms with Crippen molar-refractivity contribution in [2.24, 2.45) is 0 Å². The van der Waals surface area contributed by atoms with Crippen molar-refractivity contribution in [2.75, 3.05) is 7.11 Å². The van der Waals surface area contributed by atoms with Crippen molar-refractivity contribution < 1.29 is 13.9 Å². The second kappa shape index (κ2) is 4.83. The monoisotopic (exact) mass is 244 g/mol. The first-order valence-corrected chi connectivity index (χ1v) is 5.38. The molecule has 0 spiro atoms. The van der Waals surface area contributed by atoms with E-state index in [1.807, 2.05) is 6.92 Å². The Labute approximate surface area is 99.4 Å². The minimum atomic E-state index is -2.16. The molecular formula is C12H14ClFO2. The van der Waals surface area contributed by atoms with Crippen LogP contribution in [0.15, 0.2) is 18.2 Å². The second-order valence-electron chi connectivity index (χ2n) is 3.61. The van der Waals surface area contributed by atoms with E-state index in [9.17, 15) is 9.18 Å². The summed E-state index contributed by atoms with van der Waals surface area (Å²) in [6.07, 6.45) is 0.561. The summed E-state index contributed by atoms with van der Waals surface area (Å²) >= 11 is 5.96. The molecule has 0 aliphatic heterocycles. The van der Waals surface area contributed by atoms with Gasteiger partial charge in [-0.15, -0.1) is 0 Å². The molecule has 1 aromatic rings. The van der Waals surface area contributed by atoms with Crippen LogP contribution in [-0.4, -0.2) is 13.1 Å². The third-order valence-corrected chi connectivity index (χ3v) is 2.90. The molecule has 88 valence electrons. The number of benzene rings is 1. The number of rotatable bonds is 3. The van der Waals surface area contributed by atoms with Gasteiger partial charge in [-0.05, 0) is 25.0 Å². The largest absolute Gasteiger partial charge is 0.466 e. The number of carbonyl (C=O) groups is 1. The Kier molecular flexibility index (Phi) is 3.92. The molecule has 0 saturated heterocycles. The molecule has 0 aromatic heterocycles. The van der Waals surface area contributed by atoms with Gasteiger partial charge >= 0.3 is 5.97 Å². The van der Waals surface area contributed by atoms with Crippen molar-refractivity contribution in [1.29, 1.82) is 0 Å². The molecule has 0 bridgehead atoms. The standard InChI is InChI=1S/C12H14ClFO2/c1-4-8-9(6-5-7-10(8)13)12(2,14)11(15)16-3/h5-7H,4H2,1-3H3. The Morgan fingerprint density at radius 3 is 2.69 bits per heavy atom. The Bertz CT molecular complexity index is 402. The minimum Gasteiger partial charge on any atom is -0.466 e. The van der Waals surface area contributed by atoms with Gasteiger partial charge in [0, 0.05) is 10.6 Å². The third kappa shape index (κ3) is 2.19. The zero-order valence-corrected chi connectivity index (χ0v) is 10.3. The summed E-state index contributed by atoms with van der Waals surface area (Å²) in [5, 5.41) is 0.466. The molecule has 0 N–H and O–H groups in total. The minimum absolute atomic E-state index is 0.273. The van der Waals surface area contributed by atoms with Crippen LogP contribution in [0, 0.1) is 0 Å². The fourth-order valence-electron chi connectivity index (χ4n) is 1.66. The quantitative estimate of drug-likeness (QED) is 0.763. The van der Waals surface area contributed by atoms with Crippen molar-refractivity contribution in [3.63, 3.8) is 0 Å². The van der Waals surface area contributed by atoms with Crippen molar-refractivity contribution in [3.8, 4) is 0 Å². The van der Waals surface area contributed by atoms with Crippen molar-refractivity contribution in [1.82, 2.24) is 0 Å². The summed E-state index contributed by atoms with van der Waals surface area (Å²) in [5.41, 5.74) is -1.25. The number of ether oxygens (including phenoxy) is 1. The first-order valence-electron chi connectivity index (χ1n) is 5.00. The van der Waals surface area contributed by atoms with E-state index in [0.29, 0.717) is 17.0 Å². The van der Waals surface area contributed by atoms with E-state index in [1.165, 1.54) is 6.92 Å². The van der Waals surface area contributed by atoms with Gasteiger partial charge in [0.05, 0.1) is 7.11 Å². The zero-order valence-electron chi connectivity index (χ0n) is 9.51. The fourth-order valence-corrected chi connectivity index (χ4v) is 1.97. The van der Waals surface area contributed by atoms with Crippen LogP contribution >= 0.6 is 11.6 Å². The highest BCUT2D eigenvalue weighted by Gasteiger charge is 2.38. The maximum Gasteiger partial charge on any atom is 0.348 e. The van der Waals surface area contributed by atoms with Crippen LogP contribution in [-0.2, 0) is 21.6 Å². The van der Waals surface area contributed by atoms with Crippen LogP contribution in [0.25, 0.3) is 0 Å². The molecule has 0 amide bonds. The maximum absolute atomic E-state index is 14.3. The van der Waals surface area contributed by atoms with E-state index in [0.717, 1.165) is 7.11 Å². The lowest BCUT2D eigenvalue weighted by molar-refractivity contribution is -0.154. The Hall–Kier alpha value is -1.09. The van der Waals surface area contributed by atoms with Gasteiger partial charge in [-0.2, -0.15) is 0 Å². The maximum atomic E-state index is 14.3. The molecule has 1 unspecified atom stereocenters. The number of hydrogen-bond acceptors (Lipinski definition) is 2. The highest BCUT2D eigenvalue weighted by atomic mass is 35.5. The molecule has 0 aliphatic carbocycles. The zero-order chi connectivity index (χ0) is 12.3. The van der Waals surface area contributed by atoms with E-state index >= 15 is 0 Å². The van der Waals surface area contributed by atoms with Crippen molar-refractivity contribution in [2.45, 2.75) is 25.9 Å². The Morgan fingerprint density at radius 2 is 2.19 bits per heavy atom. The molecule has 0 heterocycles. The van der Waals surface area contributed by atoms with Crippen LogP contribution in [0.1, 0.15) is 25.0 Å². The molecule has 2 nitrogen and oxygen atoms in total. The van der Waals surface area contributed by atoms with Crippen LogP contribution in [0.5, 0.6) is 0 Å². The van der Waals surface area contributed by atoms with Crippen LogP contribution in [0.2, 0.25) is 5.02 Å². The molecular weight excluding hydrogens is 231 g/mol. The number of halogens is 2. The summed E-state index contributed by atoms with van der Waals surface area (Å²) in [4.78, 5) is 11.4. The SMILES string of the molecule is CCc1c(Cl)cccc1C(C)(F)C(=O)OC. The van der Waals surface area contributed by atoms with E-state index in [-0.39, 0.29) is 5.56 Å². The normalized spacial score (nSPS) is 14.3. The molecule has 0 fully saturated rings. The predicted molar refractivity (Wildman–Crippen MR) is 61.3 cm³/mol. The molecule has 0 saturated carbocycles. The second-order valence-corrected chi connectivity index (χ2v) is 4.02. The molecule has 0 radical (unpaired) electrons. The summed E-state index contributed by atoms with van der Waals surface area (Å²) in [6, 6.07) is 4.86. The first-order chi connectivity index (χ1) is 7.45. The number of hydrogen-bond donors (Lipinski definition) is 0.